The van der Waals surface area contributed by atoms with Crippen LogP contribution in [-0.4, -0.2) is 25.0 Å². The largest absolute Gasteiger partial charge is 0.310 e. The quantitative estimate of drug-likeness (QED) is 0.872. The summed E-state index contributed by atoms with van der Waals surface area (Å²) in [5.74, 6) is 0. The summed E-state index contributed by atoms with van der Waals surface area (Å²) in [5, 5.41) is 3.75. The van der Waals surface area contributed by atoms with Crippen LogP contribution in [0.2, 0.25) is 0 Å². The van der Waals surface area contributed by atoms with Crippen LogP contribution in [0.5, 0.6) is 0 Å². The molecule has 1 N–H and O–H groups in total. The van der Waals surface area contributed by atoms with Crippen molar-refractivity contribution in [3.63, 3.8) is 0 Å². The Kier molecular flexibility index (Phi) is 4.64. The average Bonchev–Trinajstić information content (AvgIpc) is 2.67. The minimum Gasteiger partial charge on any atom is -0.310 e. The van der Waals surface area contributed by atoms with Crippen LogP contribution in [0.25, 0.3) is 0 Å². The molecule has 106 valence electrons. The lowest BCUT2D eigenvalue weighted by Crippen LogP contribution is -2.27. The summed E-state index contributed by atoms with van der Waals surface area (Å²) in [4.78, 5) is 2.23. The third kappa shape index (κ3) is 4.32. The molecule has 19 heavy (non-hydrogen) atoms. The molecule has 1 aliphatic carbocycles. The first-order chi connectivity index (χ1) is 8.96. The van der Waals surface area contributed by atoms with Gasteiger partial charge < -0.3 is 10.2 Å². The van der Waals surface area contributed by atoms with Gasteiger partial charge in [0.25, 0.3) is 0 Å². The van der Waals surface area contributed by atoms with Gasteiger partial charge in [0, 0.05) is 19.1 Å². The second-order valence-corrected chi connectivity index (χ2v) is 6.99. The Balaban J connectivity index is 1.92. The van der Waals surface area contributed by atoms with E-state index in [4.69, 9.17) is 0 Å². The van der Waals surface area contributed by atoms with Crippen LogP contribution >= 0.6 is 0 Å². The maximum absolute atomic E-state index is 3.75. The van der Waals surface area contributed by atoms with E-state index in [1.165, 1.54) is 30.4 Å². The lowest BCUT2D eigenvalue weighted by molar-refractivity contribution is 0.363. The number of nitrogens with one attached hydrogen (secondary N) is 1. The van der Waals surface area contributed by atoms with Gasteiger partial charge in [-0.2, -0.15) is 0 Å². The molecule has 0 saturated heterocycles. The molecule has 0 bridgehead atoms. The van der Waals surface area contributed by atoms with E-state index in [2.05, 4.69) is 62.4 Å². The molecule has 1 aromatic rings. The van der Waals surface area contributed by atoms with Crippen LogP contribution in [-0.2, 0) is 13.1 Å². The van der Waals surface area contributed by atoms with E-state index in [1.54, 1.807) is 0 Å². The first-order valence-electron chi connectivity index (χ1n) is 7.41. The molecule has 1 saturated carbocycles. The molecule has 2 heteroatoms. The van der Waals surface area contributed by atoms with Crippen LogP contribution in [0.1, 0.15) is 44.2 Å². The minimum absolute atomic E-state index is 0.529. The van der Waals surface area contributed by atoms with Crippen molar-refractivity contribution < 1.29 is 0 Å². The van der Waals surface area contributed by atoms with E-state index in [-0.39, 0.29) is 0 Å². The standard InChI is InChI=1S/C17H28N2/c1-17(2)10-9-16(11-17)18-12-14-7-5-6-8-15(14)13-19(3)4/h5-8,16,18H,9-13H2,1-4H3. The second kappa shape index (κ2) is 6.06. The van der Waals surface area contributed by atoms with Gasteiger partial charge >= 0.3 is 0 Å². The molecule has 1 fully saturated rings. The Bertz CT molecular complexity index is 409. The summed E-state index contributed by atoms with van der Waals surface area (Å²) in [6, 6.07) is 9.49. The lowest BCUT2D eigenvalue weighted by Gasteiger charge is -2.19. The molecule has 1 unspecified atom stereocenters. The third-order valence-corrected chi connectivity index (χ3v) is 4.15. The van der Waals surface area contributed by atoms with Crippen molar-refractivity contribution in [3.8, 4) is 0 Å². The van der Waals surface area contributed by atoms with Crippen molar-refractivity contribution >= 4 is 0 Å². The molecule has 2 nitrogen and oxygen atoms in total. The van der Waals surface area contributed by atoms with Gasteiger partial charge in [-0.25, -0.2) is 0 Å². The van der Waals surface area contributed by atoms with Crippen molar-refractivity contribution in [2.75, 3.05) is 14.1 Å². The van der Waals surface area contributed by atoms with Crippen molar-refractivity contribution in [2.24, 2.45) is 5.41 Å². The fourth-order valence-electron chi connectivity index (χ4n) is 3.09. The first kappa shape index (κ1) is 14.5. The number of nitrogens with zero attached hydrogens (tertiary/aromatic N) is 1. The van der Waals surface area contributed by atoms with Crippen molar-refractivity contribution in [1.29, 1.82) is 0 Å². The molecule has 1 aliphatic rings. The molecule has 0 aliphatic heterocycles. The summed E-state index contributed by atoms with van der Waals surface area (Å²) in [7, 11) is 4.26. The van der Waals surface area contributed by atoms with Crippen molar-refractivity contribution in [1.82, 2.24) is 10.2 Å². The van der Waals surface area contributed by atoms with E-state index in [9.17, 15) is 0 Å². The van der Waals surface area contributed by atoms with Gasteiger partial charge in [0.05, 0.1) is 0 Å². The highest BCUT2D eigenvalue weighted by Gasteiger charge is 2.30. The molecule has 2 rings (SSSR count). The van der Waals surface area contributed by atoms with Gasteiger partial charge in [-0.15, -0.1) is 0 Å². The molecular weight excluding hydrogens is 232 g/mol. The zero-order valence-corrected chi connectivity index (χ0v) is 12.9. The summed E-state index contributed by atoms with van der Waals surface area (Å²) < 4.78 is 0. The Morgan fingerprint density at radius 3 is 2.47 bits per heavy atom. The lowest BCUT2D eigenvalue weighted by atomic mass is 9.92. The van der Waals surface area contributed by atoms with Crippen molar-refractivity contribution in [3.05, 3.63) is 35.4 Å². The SMILES string of the molecule is CN(C)Cc1ccccc1CNC1CCC(C)(C)C1. The molecular formula is C17H28N2. The topological polar surface area (TPSA) is 15.3 Å². The van der Waals surface area contributed by atoms with Gasteiger partial charge in [0.2, 0.25) is 0 Å². The van der Waals surface area contributed by atoms with Gasteiger partial charge in [0.1, 0.15) is 0 Å². The van der Waals surface area contributed by atoms with E-state index in [0.29, 0.717) is 11.5 Å². The Morgan fingerprint density at radius 2 is 1.89 bits per heavy atom. The van der Waals surface area contributed by atoms with Crippen LogP contribution in [0.15, 0.2) is 24.3 Å². The molecule has 0 spiro atoms. The Labute approximate surface area is 118 Å². The van der Waals surface area contributed by atoms with Gasteiger partial charge in [-0.1, -0.05) is 38.1 Å². The summed E-state index contributed by atoms with van der Waals surface area (Å²) >= 11 is 0. The highest BCUT2D eigenvalue weighted by atomic mass is 15.0. The van der Waals surface area contributed by atoms with Crippen LogP contribution in [0.4, 0.5) is 0 Å². The molecule has 0 radical (unpaired) electrons. The van der Waals surface area contributed by atoms with Crippen LogP contribution < -0.4 is 5.32 Å². The van der Waals surface area contributed by atoms with Gasteiger partial charge in [-0.05, 0) is 49.9 Å². The molecule has 0 aromatic heterocycles. The molecule has 0 heterocycles. The van der Waals surface area contributed by atoms with E-state index in [1.807, 2.05) is 0 Å². The fraction of sp³-hybridized carbons (Fsp3) is 0.647. The maximum Gasteiger partial charge on any atom is 0.0230 e. The predicted molar refractivity (Wildman–Crippen MR) is 82.1 cm³/mol. The minimum atomic E-state index is 0.529. The number of rotatable bonds is 5. The highest BCUT2D eigenvalue weighted by molar-refractivity contribution is 5.27. The number of hydrogen-bond acceptors (Lipinski definition) is 2. The summed E-state index contributed by atoms with van der Waals surface area (Å²) in [6.45, 7) is 6.79. The second-order valence-electron chi connectivity index (χ2n) is 6.99. The number of benzene rings is 1. The Morgan fingerprint density at radius 1 is 1.21 bits per heavy atom. The average molecular weight is 260 g/mol. The molecule has 0 amide bonds. The maximum atomic E-state index is 3.75. The van der Waals surface area contributed by atoms with E-state index < -0.39 is 0 Å². The fourth-order valence-corrected chi connectivity index (χ4v) is 3.09. The monoisotopic (exact) mass is 260 g/mol. The third-order valence-electron chi connectivity index (χ3n) is 4.15. The van der Waals surface area contributed by atoms with Gasteiger partial charge in [-0.3, -0.25) is 0 Å². The highest BCUT2D eigenvalue weighted by Crippen LogP contribution is 2.37. The summed E-state index contributed by atoms with van der Waals surface area (Å²) in [5.41, 5.74) is 3.42. The normalized spacial score (nSPS) is 22.1. The summed E-state index contributed by atoms with van der Waals surface area (Å²) in [6.07, 6.45) is 3.98. The smallest absolute Gasteiger partial charge is 0.0230 e. The zero-order valence-electron chi connectivity index (χ0n) is 12.9. The van der Waals surface area contributed by atoms with Gasteiger partial charge in [0.15, 0.2) is 0 Å². The predicted octanol–water partition coefficient (Wildman–Crippen LogP) is 3.42. The first-order valence-corrected chi connectivity index (χ1v) is 7.41. The van der Waals surface area contributed by atoms with Crippen molar-refractivity contribution in [2.45, 2.75) is 52.2 Å². The van der Waals surface area contributed by atoms with E-state index >= 15 is 0 Å². The molecule has 1 atom stereocenters. The Hall–Kier alpha value is -0.860. The van der Waals surface area contributed by atoms with Crippen LogP contribution in [0, 0.1) is 5.41 Å². The molecule has 1 aromatic carbocycles. The number of hydrogen-bond donors (Lipinski definition) is 1. The van der Waals surface area contributed by atoms with E-state index in [0.717, 1.165) is 13.1 Å². The zero-order chi connectivity index (χ0) is 13.9. The van der Waals surface area contributed by atoms with Crippen LogP contribution in [0.3, 0.4) is 0 Å².